The van der Waals surface area contributed by atoms with Crippen LogP contribution in [-0.4, -0.2) is 43.2 Å². The van der Waals surface area contributed by atoms with Crippen LogP contribution in [0, 0.1) is 6.92 Å². The standard InChI is InChI=1S/C15H24N4O2/c1-3-4-17-8-12-7-11(2)15(18-9-12)19-5-6-21-10-13(19)14(16)20/h7,9,13,17H,3-6,8,10H2,1-2H3,(H2,16,20). The Kier molecular flexibility index (Phi) is 5.52. The highest BCUT2D eigenvalue weighted by atomic mass is 16.5. The fraction of sp³-hybridized carbons (Fsp3) is 0.600. The van der Waals surface area contributed by atoms with E-state index in [1.165, 1.54) is 0 Å². The normalized spacial score (nSPS) is 18.8. The highest BCUT2D eigenvalue weighted by molar-refractivity contribution is 5.84. The lowest BCUT2D eigenvalue weighted by Crippen LogP contribution is -2.53. The van der Waals surface area contributed by atoms with E-state index in [0.717, 1.165) is 36.5 Å². The van der Waals surface area contributed by atoms with Gasteiger partial charge in [0.25, 0.3) is 0 Å². The predicted molar refractivity (Wildman–Crippen MR) is 82.1 cm³/mol. The van der Waals surface area contributed by atoms with Crippen LogP contribution >= 0.6 is 0 Å². The maximum Gasteiger partial charge on any atom is 0.242 e. The molecule has 116 valence electrons. The van der Waals surface area contributed by atoms with Crippen molar-refractivity contribution in [3.05, 3.63) is 23.4 Å². The fourth-order valence-electron chi connectivity index (χ4n) is 2.53. The summed E-state index contributed by atoms with van der Waals surface area (Å²) in [6.07, 6.45) is 2.97. The van der Waals surface area contributed by atoms with Crippen LogP contribution in [0.5, 0.6) is 0 Å². The first-order chi connectivity index (χ1) is 10.1. The summed E-state index contributed by atoms with van der Waals surface area (Å²) in [4.78, 5) is 18.0. The number of ether oxygens (including phenoxy) is 1. The zero-order valence-corrected chi connectivity index (χ0v) is 12.8. The molecule has 0 radical (unpaired) electrons. The number of hydrogen-bond donors (Lipinski definition) is 2. The summed E-state index contributed by atoms with van der Waals surface area (Å²) in [5.41, 5.74) is 7.66. The molecule has 1 aliphatic rings. The molecule has 0 saturated carbocycles. The first kappa shape index (κ1) is 15.7. The Balaban J connectivity index is 2.13. The number of nitrogens with two attached hydrogens (primary N) is 1. The first-order valence-electron chi connectivity index (χ1n) is 7.43. The van der Waals surface area contributed by atoms with Gasteiger partial charge in [-0.25, -0.2) is 4.98 Å². The highest BCUT2D eigenvalue weighted by Gasteiger charge is 2.29. The molecule has 1 aromatic rings. The number of carbonyl (C=O) groups is 1. The van der Waals surface area contributed by atoms with Crippen LogP contribution in [0.15, 0.2) is 12.3 Å². The second-order valence-electron chi connectivity index (χ2n) is 5.35. The average molecular weight is 292 g/mol. The molecule has 2 rings (SSSR count). The Morgan fingerprint density at radius 1 is 1.62 bits per heavy atom. The zero-order valence-electron chi connectivity index (χ0n) is 12.8. The van der Waals surface area contributed by atoms with Crippen LogP contribution in [-0.2, 0) is 16.1 Å². The van der Waals surface area contributed by atoms with Crippen molar-refractivity contribution in [3.63, 3.8) is 0 Å². The van der Waals surface area contributed by atoms with E-state index >= 15 is 0 Å². The summed E-state index contributed by atoms with van der Waals surface area (Å²) in [6.45, 7) is 7.51. The molecule has 0 spiro atoms. The summed E-state index contributed by atoms with van der Waals surface area (Å²) in [5, 5.41) is 3.36. The van der Waals surface area contributed by atoms with Gasteiger partial charge in [-0.15, -0.1) is 0 Å². The number of morpholine rings is 1. The molecule has 21 heavy (non-hydrogen) atoms. The van der Waals surface area contributed by atoms with E-state index in [2.05, 4.69) is 23.3 Å². The number of hydrogen-bond acceptors (Lipinski definition) is 5. The molecule has 6 heteroatoms. The third-order valence-electron chi connectivity index (χ3n) is 3.59. The number of rotatable bonds is 6. The molecule has 1 saturated heterocycles. The smallest absolute Gasteiger partial charge is 0.242 e. The molecule has 0 aromatic carbocycles. The second-order valence-corrected chi connectivity index (χ2v) is 5.35. The molecule has 1 amide bonds. The van der Waals surface area contributed by atoms with Crippen LogP contribution in [0.3, 0.4) is 0 Å². The maximum absolute atomic E-state index is 11.6. The summed E-state index contributed by atoms with van der Waals surface area (Å²) in [6, 6.07) is 1.67. The van der Waals surface area contributed by atoms with E-state index < -0.39 is 6.04 Å². The number of pyridine rings is 1. The number of primary amides is 1. The van der Waals surface area contributed by atoms with Gasteiger partial charge in [-0.2, -0.15) is 0 Å². The molecule has 0 aliphatic carbocycles. The number of aryl methyl sites for hydroxylation is 1. The van der Waals surface area contributed by atoms with Gasteiger partial charge in [0.1, 0.15) is 11.9 Å². The molecule has 1 atom stereocenters. The third kappa shape index (κ3) is 3.92. The SMILES string of the molecule is CCCNCc1cnc(N2CCOCC2C(N)=O)c(C)c1. The monoisotopic (exact) mass is 292 g/mol. The zero-order chi connectivity index (χ0) is 15.2. The number of anilines is 1. The van der Waals surface area contributed by atoms with Crippen molar-refractivity contribution in [2.75, 3.05) is 31.2 Å². The molecule has 1 aromatic heterocycles. The maximum atomic E-state index is 11.6. The lowest BCUT2D eigenvalue weighted by Gasteiger charge is -2.35. The van der Waals surface area contributed by atoms with Gasteiger partial charge in [0, 0.05) is 19.3 Å². The third-order valence-corrected chi connectivity index (χ3v) is 3.59. The Morgan fingerprint density at radius 2 is 2.43 bits per heavy atom. The molecule has 1 unspecified atom stereocenters. The van der Waals surface area contributed by atoms with Crippen LogP contribution < -0.4 is 16.0 Å². The lowest BCUT2D eigenvalue weighted by atomic mass is 10.1. The molecule has 2 heterocycles. The lowest BCUT2D eigenvalue weighted by molar-refractivity contribution is -0.121. The van der Waals surface area contributed by atoms with Gasteiger partial charge in [-0.05, 0) is 37.1 Å². The van der Waals surface area contributed by atoms with Gasteiger partial charge in [0.15, 0.2) is 0 Å². The summed E-state index contributed by atoms with van der Waals surface area (Å²) >= 11 is 0. The van der Waals surface area contributed by atoms with E-state index in [9.17, 15) is 4.79 Å². The van der Waals surface area contributed by atoms with Crippen molar-refractivity contribution >= 4 is 11.7 Å². The average Bonchev–Trinajstić information content (AvgIpc) is 2.48. The summed E-state index contributed by atoms with van der Waals surface area (Å²) in [5.74, 6) is 0.450. The van der Waals surface area contributed by atoms with Crippen LogP contribution in [0.25, 0.3) is 0 Å². The van der Waals surface area contributed by atoms with Crippen molar-refractivity contribution in [1.82, 2.24) is 10.3 Å². The van der Waals surface area contributed by atoms with Crippen molar-refractivity contribution in [3.8, 4) is 0 Å². The first-order valence-corrected chi connectivity index (χ1v) is 7.43. The molecule has 1 fully saturated rings. The number of aromatic nitrogens is 1. The van der Waals surface area contributed by atoms with Crippen LogP contribution in [0.4, 0.5) is 5.82 Å². The minimum absolute atomic E-state index is 0.330. The highest BCUT2D eigenvalue weighted by Crippen LogP contribution is 2.22. The Labute approximate surface area is 125 Å². The van der Waals surface area contributed by atoms with E-state index in [4.69, 9.17) is 10.5 Å². The molecule has 3 N–H and O–H groups in total. The van der Waals surface area contributed by atoms with E-state index in [1.807, 2.05) is 18.0 Å². The fourth-order valence-corrected chi connectivity index (χ4v) is 2.53. The van der Waals surface area contributed by atoms with Crippen molar-refractivity contribution in [2.45, 2.75) is 32.9 Å². The second kappa shape index (κ2) is 7.38. The number of amides is 1. The molecule has 0 bridgehead atoms. The minimum Gasteiger partial charge on any atom is -0.377 e. The van der Waals surface area contributed by atoms with E-state index in [-0.39, 0.29) is 5.91 Å². The Morgan fingerprint density at radius 3 is 3.10 bits per heavy atom. The largest absolute Gasteiger partial charge is 0.377 e. The predicted octanol–water partition coefficient (Wildman–Crippen LogP) is 0.580. The van der Waals surface area contributed by atoms with Gasteiger partial charge >= 0.3 is 0 Å². The molecular formula is C15H24N4O2. The molecule has 1 aliphatic heterocycles. The number of carbonyl (C=O) groups excluding carboxylic acids is 1. The van der Waals surface area contributed by atoms with Crippen molar-refractivity contribution in [1.29, 1.82) is 0 Å². The molecule has 6 nitrogen and oxygen atoms in total. The Hall–Kier alpha value is -1.66. The van der Waals surface area contributed by atoms with Crippen LogP contribution in [0.2, 0.25) is 0 Å². The van der Waals surface area contributed by atoms with Crippen molar-refractivity contribution < 1.29 is 9.53 Å². The van der Waals surface area contributed by atoms with Crippen LogP contribution in [0.1, 0.15) is 24.5 Å². The Bertz CT molecular complexity index is 493. The van der Waals surface area contributed by atoms with Gasteiger partial charge < -0.3 is 20.7 Å². The van der Waals surface area contributed by atoms with Gasteiger partial charge in [0.2, 0.25) is 5.91 Å². The number of nitrogens with zero attached hydrogens (tertiary/aromatic N) is 2. The van der Waals surface area contributed by atoms with Gasteiger partial charge in [0.05, 0.1) is 13.2 Å². The van der Waals surface area contributed by atoms with E-state index in [1.54, 1.807) is 0 Å². The topological polar surface area (TPSA) is 80.5 Å². The van der Waals surface area contributed by atoms with E-state index in [0.29, 0.717) is 19.8 Å². The van der Waals surface area contributed by atoms with Gasteiger partial charge in [-0.3, -0.25) is 4.79 Å². The summed E-state index contributed by atoms with van der Waals surface area (Å²) in [7, 11) is 0. The van der Waals surface area contributed by atoms with Gasteiger partial charge in [-0.1, -0.05) is 6.92 Å². The van der Waals surface area contributed by atoms with Crippen molar-refractivity contribution in [2.24, 2.45) is 5.73 Å². The molecular weight excluding hydrogens is 268 g/mol. The minimum atomic E-state index is -0.436. The summed E-state index contributed by atoms with van der Waals surface area (Å²) < 4.78 is 5.34. The quantitative estimate of drug-likeness (QED) is 0.750. The number of nitrogens with one attached hydrogen (secondary N) is 1.